The molecule has 1 N–H and O–H groups in total. The Morgan fingerprint density at radius 3 is 2.44 bits per heavy atom. The van der Waals surface area contributed by atoms with E-state index in [-0.39, 0.29) is 23.0 Å². The molecule has 1 aliphatic heterocycles. The van der Waals surface area contributed by atoms with E-state index in [0.717, 1.165) is 23.3 Å². The minimum atomic E-state index is -0.307. The molecule has 0 radical (unpaired) electrons. The van der Waals surface area contributed by atoms with Crippen LogP contribution in [0.3, 0.4) is 0 Å². The Balaban J connectivity index is 1.70. The van der Waals surface area contributed by atoms with Crippen LogP contribution in [0.1, 0.15) is 63.8 Å². The molecule has 142 valence electrons. The molecule has 1 heterocycles. The first-order chi connectivity index (χ1) is 12.6. The average molecular weight is 364 g/mol. The summed E-state index contributed by atoms with van der Waals surface area (Å²) >= 11 is 0. The van der Waals surface area contributed by atoms with Gasteiger partial charge in [0.05, 0.1) is 6.04 Å². The summed E-state index contributed by atoms with van der Waals surface area (Å²) in [7, 11) is 0. The fourth-order valence-electron chi connectivity index (χ4n) is 3.42. The van der Waals surface area contributed by atoms with Gasteiger partial charge in [-0.3, -0.25) is 4.79 Å². The van der Waals surface area contributed by atoms with Crippen LogP contribution in [0.25, 0.3) is 6.08 Å². The number of hydrogen-bond donors (Lipinski definition) is 1. The predicted octanol–water partition coefficient (Wildman–Crippen LogP) is 5.42. The number of carbonyl (C=O) groups excluding carboxylic acids is 1. The Hall–Kier alpha value is -2.55. The van der Waals surface area contributed by atoms with Crippen LogP contribution in [0, 0.1) is 0 Å². The van der Waals surface area contributed by atoms with Gasteiger partial charge in [0.25, 0.3) is 0 Å². The number of rotatable bonds is 3. The van der Waals surface area contributed by atoms with Crippen molar-refractivity contribution in [3.8, 4) is 5.75 Å². The van der Waals surface area contributed by atoms with Gasteiger partial charge in [-0.1, -0.05) is 63.2 Å². The topological polar surface area (TPSA) is 38.3 Å². The summed E-state index contributed by atoms with van der Waals surface area (Å²) in [5.41, 5.74) is 3.16. The lowest BCUT2D eigenvalue weighted by atomic mass is 9.87. The summed E-state index contributed by atoms with van der Waals surface area (Å²) in [5, 5.41) is 3.13. The van der Waals surface area contributed by atoms with E-state index < -0.39 is 0 Å². The van der Waals surface area contributed by atoms with Crippen molar-refractivity contribution in [1.29, 1.82) is 0 Å². The normalized spacial score (nSPS) is 18.6. The molecule has 0 aromatic heterocycles. The van der Waals surface area contributed by atoms with Crippen molar-refractivity contribution in [3.05, 3.63) is 71.3 Å². The van der Waals surface area contributed by atoms with Gasteiger partial charge >= 0.3 is 0 Å². The second-order valence-electron chi connectivity index (χ2n) is 8.87. The van der Waals surface area contributed by atoms with Crippen LogP contribution in [0.15, 0.2) is 54.6 Å². The van der Waals surface area contributed by atoms with Crippen LogP contribution in [-0.2, 0) is 10.2 Å². The van der Waals surface area contributed by atoms with Gasteiger partial charge in [0, 0.05) is 18.1 Å². The number of carbonyl (C=O) groups is 1. The smallest absolute Gasteiger partial charge is 0.244 e. The Labute approximate surface area is 162 Å². The fourth-order valence-corrected chi connectivity index (χ4v) is 3.42. The number of benzene rings is 2. The van der Waals surface area contributed by atoms with Crippen LogP contribution in [-0.4, -0.2) is 11.5 Å². The maximum atomic E-state index is 12.5. The van der Waals surface area contributed by atoms with E-state index in [1.54, 1.807) is 6.08 Å². The molecular weight excluding hydrogens is 334 g/mol. The lowest BCUT2D eigenvalue weighted by molar-refractivity contribution is -0.117. The van der Waals surface area contributed by atoms with Crippen molar-refractivity contribution in [2.24, 2.45) is 0 Å². The van der Waals surface area contributed by atoms with Crippen molar-refractivity contribution in [2.45, 2.75) is 58.1 Å². The molecular formula is C24H29NO2. The number of fused-ring (bicyclic) bond motifs is 1. The average Bonchev–Trinajstić information content (AvgIpc) is 2.58. The number of amides is 1. The summed E-state index contributed by atoms with van der Waals surface area (Å²) in [6.45, 7) is 10.7. The van der Waals surface area contributed by atoms with Crippen molar-refractivity contribution in [3.63, 3.8) is 0 Å². The molecule has 0 spiro atoms. The molecule has 2 aromatic carbocycles. The van der Waals surface area contributed by atoms with Gasteiger partial charge in [-0.15, -0.1) is 0 Å². The predicted molar refractivity (Wildman–Crippen MR) is 111 cm³/mol. The number of nitrogens with one attached hydrogen (secondary N) is 1. The molecule has 0 saturated carbocycles. The van der Waals surface area contributed by atoms with Crippen molar-refractivity contribution >= 4 is 12.0 Å². The second kappa shape index (κ2) is 7.22. The van der Waals surface area contributed by atoms with Crippen LogP contribution in [0.2, 0.25) is 0 Å². The fraction of sp³-hybridized carbons (Fsp3) is 0.375. The molecule has 0 bridgehead atoms. The summed E-state index contributed by atoms with van der Waals surface area (Å²) < 4.78 is 6.03. The lowest BCUT2D eigenvalue weighted by Gasteiger charge is -2.37. The standard InChI is InChI=1S/C24H29NO2/c1-23(2,3)18-13-10-17(11-14-18)12-15-22(26)25-20-16-24(4,5)27-21-9-7-6-8-19(20)21/h6-15,20H,16H2,1-5H3,(H,25,26)/b15-12+/t20-/m0/s1. The quantitative estimate of drug-likeness (QED) is 0.740. The van der Waals surface area contributed by atoms with Gasteiger partial charge in [-0.2, -0.15) is 0 Å². The third-order valence-corrected chi connectivity index (χ3v) is 4.90. The monoisotopic (exact) mass is 363 g/mol. The van der Waals surface area contributed by atoms with Gasteiger partial charge < -0.3 is 10.1 Å². The SMILES string of the molecule is CC1(C)C[C@H](NC(=O)/C=C/c2ccc(C(C)(C)C)cc2)c2ccccc2O1. The van der Waals surface area contributed by atoms with Crippen molar-refractivity contribution in [1.82, 2.24) is 5.32 Å². The summed E-state index contributed by atoms with van der Waals surface area (Å²) in [5.74, 6) is 0.758. The van der Waals surface area contributed by atoms with Crippen LogP contribution < -0.4 is 10.1 Å². The lowest BCUT2D eigenvalue weighted by Crippen LogP contribution is -2.40. The maximum absolute atomic E-state index is 12.5. The van der Waals surface area contributed by atoms with E-state index in [4.69, 9.17) is 4.74 Å². The molecule has 0 saturated heterocycles. The van der Waals surface area contributed by atoms with Gasteiger partial charge in [-0.25, -0.2) is 0 Å². The molecule has 3 nitrogen and oxygen atoms in total. The highest BCUT2D eigenvalue weighted by atomic mass is 16.5. The van der Waals surface area contributed by atoms with Gasteiger partial charge in [0.15, 0.2) is 0 Å². The molecule has 1 aliphatic rings. The highest BCUT2D eigenvalue weighted by Crippen LogP contribution is 2.39. The summed E-state index contributed by atoms with van der Waals surface area (Å²) in [6, 6.07) is 16.2. The third kappa shape index (κ3) is 4.79. The number of ether oxygens (including phenoxy) is 1. The highest BCUT2D eigenvalue weighted by Gasteiger charge is 2.33. The first-order valence-electron chi connectivity index (χ1n) is 9.51. The largest absolute Gasteiger partial charge is 0.487 e. The zero-order chi connectivity index (χ0) is 19.7. The Morgan fingerprint density at radius 2 is 1.78 bits per heavy atom. The Kier molecular flexibility index (Phi) is 5.14. The van der Waals surface area contributed by atoms with Gasteiger partial charge in [-0.05, 0) is 42.5 Å². The first kappa shape index (κ1) is 19.2. The molecule has 0 unspecified atom stereocenters. The van der Waals surface area contributed by atoms with E-state index in [1.165, 1.54) is 5.56 Å². The molecule has 1 amide bonds. The molecule has 1 atom stereocenters. The van der Waals surface area contributed by atoms with Crippen LogP contribution in [0.4, 0.5) is 0 Å². The Bertz CT molecular complexity index is 841. The minimum absolute atomic E-state index is 0.0506. The molecule has 27 heavy (non-hydrogen) atoms. The molecule has 2 aromatic rings. The molecule has 0 aliphatic carbocycles. The van der Waals surface area contributed by atoms with Crippen LogP contribution in [0.5, 0.6) is 5.75 Å². The molecule has 3 rings (SSSR count). The van der Waals surface area contributed by atoms with E-state index in [9.17, 15) is 4.79 Å². The minimum Gasteiger partial charge on any atom is -0.487 e. The van der Waals surface area contributed by atoms with Crippen molar-refractivity contribution < 1.29 is 9.53 Å². The number of para-hydroxylation sites is 1. The van der Waals surface area contributed by atoms with Gasteiger partial charge in [0.1, 0.15) is 11.4 Å². The summed E-state index contributed by atoms with van der Waals surface area (Å²) in [6.07, 6.45) is 4.21. The first-order valence-corrected chi connectivity index (χ1v) is 9.51. The highest BCUT2D eigenvalue weighted by molar-refractivity contribution is 5.92. The molecule has 0 fully saturated rings. The second-order valence-corrected chi connectivity index (χ2v) is 8.87. The zero-order valence-corrected chi connectivity index (χ0v) is 16.9. The van der Waals surface area contributed by atoms with E-state index in [2.05, 4.69) is 64.2 Å². The van der Waals surface area contributed by atoms with E-state index in [1.807, 2.05) is 30.3 Å². The third-order valence-electron chi connectivity index (χ3n) is 4.90. The van der Waals surface area contributed by atoms with E-state index >= 15 is 0 Å². The maximum Gasteiger partial charge on any atom is 0.244 e. The van der Waals surface area contributed by atoms with Crippen molar-refractivity contribution in [2.75, 3.05) is 0 Å². The Morgan fingerprint density at radius 1 is 1.11 bits per heavy atom. The number of hydrogen-bond acceptors (Lipinski definition) is 2. The zero-order valence-electron chi connectivity index (χ0n) is 16.9. The van der Waals surface area contributed by atoms with Gasteiger partial charge in [0.2, 0.25) is 5.91 Å². The van der Waals surface area contributed by atoms with Crippen LogP contribution >= 0.6 is 0 Å². The molecule has 3 heteroatoms. The van der Waals surface area contributed by atoms with E-state index in [0.29, 0.717) is 0 Å². The summed E-state index contributed by atoms with van der Waals surface area (Å²) in [4.78, 5) is 12.5.